The predicted molar refractivity (Wildman–Crippen MR) is 56.1 cm³/mol. The molecule has 2 heteroatoms. The molecule has 0 spiro atoms. The van der Waals surface area contributed by atoms with Gasteiger partial charge in [0.05, 0.1) is 0 Å². The molecule has 0 unspecified atom stereocenters. The molecule has 2 nitrogen and oxygen atoms in total. The van der Waals surface area contributed by atoms with Crippen molar-refractivity contribution >= 4 is 11.1 Å². The molecular formula is C12H14NO. The molecule has 1 heterocycles. The van der Waals surface area contributed by atoms with E-state index in [1.54, 1.807) is 0 Å². The van der Waals surface area contributed by atoms with Gasteiger partial charge in [0.2, 0.25) is 0 Å². The summed E-state index contributed by atoms with van der Waals surface area (Å²) in [6, 6.07) is 6.07. The van der Waals surface area contributed by atoms with Crippen LogP contribution in [0.25, 0.3) is 11.1 Å². The van der Waals surface area contributed by atoms with Crippen molar-refractivity contribution in [3.63, 3.8) is 0 Å². The smallest absolute Gasteiger partial charge is 0.284 e. The highest BCUT2D eigenvalue weighted by Gasteiger charge is 2.03. The van der Waals surface area contributed by atoms with Gasteiger partial charge in [0, 0.05) is 0 Å². The summed E-state index contributed by atoms with van der Waals surface area (Å²) >= 11 is 0. The molecule has 14 heavy (non-hydrogen) atoms. The second-order valence-corrected chi connectivity index (χ2v) is 3.53. The summed E-state index contributed by atoms with van der Waals surface area (Å²) in [5, 5.41) is 0. The summed E-state index contributed by atoms with van der Waals surface area (Å²) in [4.78, 5) is 4.11. The Bertz CT molecular complexity index is 405. The van der Waals surface area contributed by atoms with Crippen molar-refractivity contribution < 1.29 is 4.42 Å². The molecule has 0 N–H and O–H groups in total. The van der Waals surface area contributed by atoms with Gasteiger partial charge in [-0.25, -0.2) is 4.98 Å². The number of unbranched alkanes of at least 4 members (excludes halogenated alkanes) is 2. The molecule has 1 aromatic carbocycles. The Morgan fingerprint density at radius 2 is 2.29 bits per heavy atom. The fourth-order valence-electron chi connectivity index (χ4n) is 1.66. The molecule has 0 saturated heterocycles. The summed E-state index contributed by atoms with van der Waals surface area (Å²) in [6.07, 6.45) is 7.38. The Morgan fingerprint density at radius 1 is 1.36 bits per heavy atom. The summed E-state index contributed by atoms with van der Waals surface area (Å²) in [5.74, 6) is 0. The lowest BCUT2D eigenvalue weighted by Crippen LogP contribution is -1.86. The maximum absolute atomic E-state index is 5.13. The fourth-order valence-corrected chi connectivity index (χ4v) is 1.66. The summed E-state index contributed by atoms with van der Waals surface area (Å²) in [7, 11) is 0. The number of nitrogens with zero attached hydrogens (tertiary/aromatic N) is 1. The molecule has 2 aromatic rings. The summed E-state index contributed by atoms with van der Waals surface area (Å²) in [6.45, 7) is 2.21. The van der Waals surface area contributed by atoms with Gasteiger partial charge >= 0.3 is 0 Å². The number of benzene rings is 1. The van der Waals surface area contributed by atoms with Crippen molar-refractivity contribution in [1.82, 2.24) is 4.98 Å². The molecule has 0 amide bonds. The number of para-hydroxylation sites is 1. The third-order valence-corrected chi connectivity index (χ3v) is 2.45. The second-order valence-electron chi connectivity index (χ2n) is 3.53. The highest BCUT2D eigenvalue weighted by molar-refractivity contribution is 5.75. The van der Waals surface area contributed by atoms with Crippen LogP contribution in [-0.2, 0) is 6.42 Å². The molecule has 1 radical (unpaired) electrons. The Hall–Kier alpha value is -1.31. The summed E-state index contributed by atoms with van der Waals surface area (Å²) < 4.78 is 5.13. The van der Waals surface area contributed by atoms with Crippen LogP contribution in [0.5, 0.6) is 0 Å². The molecular weight excluding hydrogens is 174 g/mol. The van der Waals surface area contributed by atoms with Crippen LogP contribution in [0.1, 0.15) is 31.7 Å². The quantitative estimate of drug-likeness (QED) is 0.687. The number of aryl methyl sites for hydroxylation is 1. The van der Waals surface area contributed by atoms with E-state index in [1.165, 1.54) is 24.8 Å². The minimum Gasteiger partial charge on any atom is -0.432 e. The topological polar surface area (TPSA) is 26.0 Å². The lowest BCUT2D eigenvalue weighted by atomic mass is 10.1. The van der Waals surface area contributed by atoms with Crippen molar-refractivity contribution in [3.05, 3.63) is 30.2 Å². The lowest BCUT2D eigenvalue weighted by molar-refractivity contribution is 0.591. The van der Waals surface area contributed by atoms with Gasteiger partial charge in [0.1, 0.15) is 5.52 Å². The zero-order chi connectivity index (χ0) is 9.80. The average molecular weight is 188 g/mol. The Labute approximate surface area is 84.0 Å². The molecule has 2 rings (SSSR count). The number of hydrogen-bond acceptors (Lipinski definition) is 2. The SMILES string of the molecule is CCCCCc1cccc2o[c]nc12. The van der Waals surface area contributed by atoms with Crippen LogP contribution < -0.4 is 0 Å². The Morgan fingerprint density at radius 3 is 3.14 bits per heavy atom. The maximum atomic E-state index is 5.13. The van der Waals surface area contributed by atoms with E-state index in [0.717, 1.165) is 17.5 Å². The highest BCUT2D eigenvalue weighted by Crippen LogP contribution is 2.18. The van der Waals surface area contributed by atoms with E-state index in [9.17, 15) is 0 Å². The first-order valence-electron chi connectivity index (χ1n) is 5.16. The van der Waals surface area contributed by atoms with E-state index in [2.05, 4.69) is 24.4 Å². The number of rotatable bonds is 4. The summed E-state index contributed by atoms with van der Waals surface area (Å²) in [5.41, 5.74) is 3.10. The number of aromatic nitrogens is 1. The molecule has 0 bridgehead atoms. The van der Waals surface area contributed by atoms with Gasteiger partial charge in [-0.15, -0.1) is 0 Å². The predicted octanol–water partition coefficient (Wildman–Crippen LogP) is 3.36. The molecule has 73 valence electrons. The van der Waals surface area contributed by atoms with Crippen LogP contribution in [0, 0.1) is 6.39 Å². The van der Waals surface area contributed by atoms with E-state index in [0.29, 0.717) is 0 Å². The first-order chi connectivity index (χ1) is 6.92. The minimum atomic E-state index is 0.846. The van der Waals surface area contributed by atoms with Gasteiger partial charge in [-0.1, -0.05) is 31.9 Å². The van der Waals surface area contributed by atoms with Crippen LogP contribution in [-0.4, -0.2) is 4.98 Å². The first-order valence-corrected chi connectivity index (χ1v) is 5.16. The van der Waals surface area contributed by atoms with Gasteiger partial charge < -0.3 is 4.42 Å². The third-order valence-electron chi connectivity index (χ3n) is 2.45. The molecule has 0 aliphatic heterocycles. The van der Waals surface area contributed by atoms with E-state index >= 15 is 0 Å². The van der Waals surface area contributed by atoms with E-state index < -0.39 is 0 Å². The second kappa shape index (κ2) is 4.27. The molecule has 0 saturated carbocycles. The lowest BCUT2D eigenvalue weighted by Gasteiger charge is -2.00. The van der Waals surface area contributed by atoms with E-state index in [1.807, 2.05) is 12.1 Å². The van der Waals surface area contributed by atoms with Crippen LogP contribution >= 0.6 is 0 Å². The minimum absolute atomic E-state index is 0.846. The molecule has 0 aliphatic rings. The Kier molecular flexibility index (Phi) is 2.82. The standard InChI is InChI=1S/C12H14NO/c1-2-3-4-6-10-7-5-8-11-12(10)13-9-14-11/h5,7-8H,2-4,6H2,1H3. The fraction of sp³-hybridized carbons (Fsp3) is 0.417. The van der Waals surface area contributed by atoms with Crippen molar-refractivity contribution in [2.24, 2.45) is 0 Å². The van der Waals surface area contributed by atoms with Crippen LogP contribution in [0.2, 0.25) is 0 Å². The van der Waals surface area contributed by atoms with Gasteiger partial charge in [0.25, 0.3) is 6.39 Å². The van der Waals surface area contributed by atoms with E-state index in [-0.39, 0.29) is 0 Å². The zero-order valence-electron chi connectivity index (χ0n) is 8.42. The van der Waals surface area contributed by atoms with E-state index in [4.69, 9.17) is 4.42 Å². The molecule has 0 fully saturated rings. The highest BCUT2D eigenvalue weighted by atomic mass is 16.3. The average Bonchev–Trinajstić information content (AvgIpc) is 2.67. The molecule has 0 atom stereocenters. The number of oxazole rings is 1. The van der Waals surface area contributed by atoms with Crippen molar-refractivity contribution in [2.75, 3.05) is 0 Å². The van der Waals surface area contributed by atoms with Crippen LogP contribution in [0.4, 0.5) is 0 Å². The zero-order valence-corrected chi connectivity index (χ0v) is 8.42. The molecule has 1 aromatic heterocycles. The molecule has 0 aliphatic carbocycles. The first kappa shape index (κ1) is 9.25. The largest absolute Gasteiger partial charge is 0.432 e. The number of hydrogen-bond donors (Lipinski definition) is 0. The van der Waals surface area contributed by atoms with Crippen molar-refractivity contribution in [3.8, 4) is 0 Å². The monoisotopic (exact) mass is 188 g/mol. The number of fused-ring (bicyclic) bond motifs is 1. The Balaban J connectivity index is 2.19. The van der Waals surface area contributed by atoms with Crippen molar-refractivity contribution in [2.45, 2.75) is 32.6 Å². The van der Waals surface area contributed by atoms with Gasteiger partial charge in [-0.3, -0.25) is 0 Å². The van der Waals surface area contributed by atoms with Crippen LogP contribution in [0.3, 0.4) is 0 Å². The van der Waals surface area contributed by atoms with Gasteiger partial charge in [-0.2, -0.15) is 0 Å². The third kappa shape index (κ3) is 1.79. The van der Waals surface area contributed by atoms with Crippen molar-refractivity contribution in [1.29, 1.82) is 0 Å². The normalized spacial score (nSPS) is 10.9. The van der Waals surface area contributed by atoms with Crippen LogP contribution in [0.15, 0.2) is 22.6 Å². The van der Waals surface area contributed by atoms with Gasteiger partial charge in [0.15, 0.2) is 5.58 Å². The van der Waals surface area contributed by atoms with Gasteiger partial charge in [-0.05, 0) is 24.5 Å². The maximum Gasteiger partial charge on any atom is 0.284 e.